The van der Waals surface area contributed by atoms with E-state index in [1.54, 1.807) is 6.92 Å². The first-order chi connectivity index (χ1) is 14.7. The van der Waals surface area contributed by atoms with Crippen molar-refractivity contribution in [3.05, 3.63) is 0 Å². The summed E-state index contributed by atoms with van der Waals surface area (Å²) in [6.07, 6.45) is -1.46. The van der Waals surface area contributed by atoms with Crippen LogP contribution in [0.4, 0.5) is 0 Å². The van der Waals surface area contributed by atoms with E-state index in [4.69, 9.17) is 15.9 Å². The van der Waals surface area contributed by atoms with Gasteiger partial charge in [0.25, 0.3) is 0 Å². The van der Waals surface area contributed by atoms with Gasteiger partial charge in [-0.2, -0.15) is 0 Å². The Morgan fingerprint density at radius 1 is 0.844 bits per heavy atom. The predicted molar refractivity (Wildman–Crippen MR) is 114 cm³/mol. The van der Waals surface area contributed by atoms with Crippen LogP contribution < -0.4 is 21.7 Å². The van der Waals surface area contributed by atoms with Crippen molar-refractivity contribution in [3.8, 4) is 0 Å². The molecule has 0 aliphatic heterocycles. The van der Waals surface area contributed by atoms with Gasteiger partial charge < -0.3 is 37.0 Å². The van der Waals surface area contributed by atoms with Crippen LogP contribution >= 0.6 is 0 Å². The van der Waals surface area contributed by atoms with Crippen LogP contribution in [-0.2, 0) is 24.0 Å². The first-order valence-corrected chi connectivity index (χ1v) is 10.5. The van der Waals surface area contributed by atoms with Crippen LogP contribution in [-0.4, -0.2) is 75.3 Å². The van der Waals surface area contributed by atoms with Crippen molar-refractivity contribution in [2.75, 3.05) is 0 Å². The molecular formula is C20H36N4O8. The maximum absolute atomic E-state index is 12.8. The highest BCUT2D eigenvalue weighted by Crippen LogP contribution is 2.10. The van der Waals surface area contributed by atoms with Gasteiger partial charge in [-0.1, -0.05) is 34.1 Å². The monoisotopic (exact) mass is 460 g/mol. The third kappa shape index (κ3) is 10.1. The lowest BCUT2D eigenvalue weighted by atomic mass is 9.97. The number of nitrogens with two attached hydrogens (primary N) is 1. The summed E-state index contributed by atoms with van der Waals surface area (Å²) >= 11 is 0. The zero-order chi connectivity index (χ0) is 25.2. The highest BCUT2D eigenvalue weighted by atomic mass is 16.4. The van der Waals surface area contributed by atoms with Crippen molar-refractivity contribution in [3.63, 3.8) is 0 Å². The second-order valence-electron chi connectivity index (χ2n) is 8.33. The van der Waals surface area contributed by atoms with E-state index < -0.39 is 66.4 Å². The van der Waals surface area contributed by atoms with Gasteiger partial charge in [-0.25, -0.2) is 4.79 Å². The number of nitrogens with one attached hydrogen (secondary N) is 3. The molecule has 12 nitrogen and oxygen atoms in total. The first-order valence-electron chi connectivity index (χ1n) is 10.5. The summed E-state index contributed by atoms with van der Waals surface area (Å²) in [5, 5.41) is 34.6. The molecule has 0 fully saturated rings. The molecule has 6 unspecified atom stereocenters. The number of rotatable bonds is 14. The Bertz CT molecular complexity index is 683. The quantitative estimate of drug-likeness (QED) is 0.166. The normalized spacial score (nSPS) is 16.8. The number of hydrogen-bond acceptors (Lipinski definition) is 7. The summed E-state index contributed by atoms with van der Waals surface area (Å²) in [6.45, 7) is 8.41. The summed E-state index contributed by atoms with van der Waals surface area (Å²) in [5.41, 5.74) is 5.91. The number of carbonyl (C=O) groups excluding carboxylic acids is 3. The molecule has 0 heterocycles. The molecule has 12 heteroatoms. The van der Waals surface area contributed by atoms with Gasteiger partial charge in [0.05, 0.1) is 18.6 Å². The van der Waals surface area contributed by atoms with E-state index in [9.17, 15) is 29.1 Å². The summed E-state index contributed by atoms with van der Waals surface area (Å²) in [7, 11) is 0. The number of aliphatic hydroxyl groups is 1. The molecule has 0 rings (SSSR count). The highest BCUT2D eigenvalue weighted by Gasteiger charge is 2.33. The van der Waals surface area contributed by atoms with Gasteiger partial charge in [0.2, 0.25) is 17.7 Å². The SMILES string of the molecule is CCC(C)C(N)C(=O)NC(CC(C)C)C(=O)NC(CC(=O)O)C(=O)NC(C(=O)O)C(C)O. The minimum absolute atomic E-state index is 0.0377. The lowest BCUT2D eigenvalue weighted by Gasteiger charge is -2.26. The van der Waals surface area contributed by atoms with Crippen molar-refractivity contribution in [1.29, 1.82) is 0 Å². The number of aliphatic carboxylic acids is 2. The summed E-state index contributed by atoms with van der Waals surface area (Å²) in [4.78, 5) is 60.1. The molecule has 0 bridgehead atoms. The van der Waals surface area contributed by atoms with E-state index in [2.05, 4.69) is 10.6 Å². The fraction of sp³-hybridized carbons (Fsp3) is 0.750. The Morgan fingerprint density at radius 3 is 1.75 bits per heavy atom. The van der Waals surface area contributed by atoms with Gasteiger partial charge in [-0.15, -0.1) is 0 Å². The molecule has 0 aliphatic rings. The fourth-order valence-corrected chi connectivity index (χ4v) is 2.78. The number of hydrogen-bond donors (Lipinski definition) is 7. The molecule has 0 spiro atoms. The number of carbonyl (C=O) groups is 5. The molecule has 0 aromatic carbocycles. The molecule has 0 saturated carbocycles. The lowest BCUT2D eigenvalue weighted by Crippen LogP contribution is -2.59. The van der Waals surface area contributed by atoms with Gasteiger partial charge in [0.15, 0.2) is 6.04 Å². The molecule has 0 radical (unpaired) electrons. The Kier molecular flexibility index (Phi) is 12.5. The average molecular weight is 461 g/mol. The van der Waals surface area contributed by atoms with E-state index in [0.717, 1.165) is 6.92 Å². The Labute approximate surface area is 187 Å². The Morgan fingerprint density at radius 2 is 1.34 bits per heavy atom. The average Bonchev–Trinajstić information content (AvgIpc) is 2.68. The second-order valence-corrected chi connectivity index (χ2v) is 8.33. The number of carboxylic acid groups (broad SMARTS) is 2. The minimum Gasteiger partial charge on any atom is -0.481 e. The van der Waals surface area contributed by atoms with Crippen LogP contribution in [0, 0.1) is 11.8 Å². The number of aliphatic hydroxyl groups excluding tert-OH is 1. The van der Waals surface area contributed by atoms with Crippen LogP contribution in [0.2, 0.25) is 0 Å². The standard InChI is InChI=1S/C20H36N4O8/c1-6-10(4)15(21)19(30)23-12(7-9(2)3)17(28)22-13(8-14(26)27)18(29)24-16(11(5)25)20(31)32/h9-13,15-16,25H,6-8,21H2,1-5H3,(H,22,28)(H,23,30)(H,24,29)(H,26,27)(H,31,32). The zero-order valence-electron chi connectivity index (χ0n) is 19.1. The molecule has 0 saturated heterocycles. The largest absolute Gasteiger partial charge is 0.481 e. The molecular weight excluding hydrogens is 424 g/mol. The Balaban J connectivity index is 5.56. The van der Waals surface area contributed by atoms with Crippen LogP contribution in [0.1, 0.15) is 53.9 Å². The van der Waals surface area contributed by atoms with Crippen molar-refractivity contribution in [2.45, 2.75) is 84.2 Å². The molecule has 0 aliphatic carbocycles. The summed E-state index contributed by atoms with van der Waals surface area (Å²) < 4.78 is 0. The van der Waals surface area contributed by atoms with E-state index in [1.165, 1.54) is 0 Å². The molecule has 0 aromatic heterocycles. The molecule has 6 atom stereocenters. The second kappa shape index (κ2) is 13.6. The van der Waals surface area contributed by atoms with Crippen LogP contribution in [0.5, 0.6) is 0 Å². The smallest absolute Gasteiger partial charge is 0.328 e. The topological polar surface area (TPSA) is 208 Å². The molecule has 184 valence electrons. The van der Waals surface area contributed by atoms with Crippen LogP contribution in [0.3, 0.4) is 0 Å². The fourth-order valence-electron chi connectivity index (χ4n) is 2.78. The maximum atomic E-state index is 12.8. The first kappa shape index (κ1) is 29.3. The lowest BCUT2D eigenvalue weighted by molar-refractivity contribution is -0.146. The van der Waals surface area contributed by atoms with Gasteiger partial charge in [0, 0.05) is 0 Å². The predicted octanol–water partition coefficient (Wildman–Crippen LogP) is -1.20. The molecule has 3 amide bonds. The molecule has 0 aromatic rings. The van der Waals surface area contributed by atoms with E-state index >= 15 is 0 Å². The van der Waals surface area contributed by atoms with Gasteiger partial charge in [-0.3, -0.25) is 19.2 Å². The minimum atomic E-state index is -1.70. The molecule has 8 N–H and O–H groups in total. The van der Waals surface area contributed by atoms with Crippen molar-refractivity contribution in [1.82, 2.24) is 16.0 Å². The Hall–Kier alpha value is -2.73. The third-order valence-electron chi connectivity index (χ3n) is 4.96. The maximum Gasteiger partial charge on any atom is 0.328 e. The summed E-state index contributed by atoms with van der Waals surface area (Å²) in [6, 6.07) is -5.28. The van der Waals surface area contributed by atoms with Gasteiger partial charge >= 0.3 is 11.9 Å². The number of amides is 3. The molecule has 32 heavy (non-hydrogen) atoms. The van der Waals surface area contributed by atoms with E-state index in [0.29, 0.717) is 6.42 Å². The highest BCUT2D eigenvalue weighted by molar-refractivity contribution is 5.95. The number of carboxylic acids is 2. The third-order valence-corrected chi connectivity index (χ3v) is 4.96. The van der Waals surface area contributed by atoms with Crippen LogP contribution in [0.25, 0.3) is 0 Å². The van der Waals surface area contributed by atoms with Crippen LogP contribution in [0.15, 0.2) is 0 Å². The van der Waals surface area contributed by atoms with Crippen molar-refractivity contribution >= 4 is 29.7 Å². The van der Waals surface area contributed by atoms with E-state index in [-0.39, 0.29) is 18.3 Å². The van der Waals surface area contributed by atoms with Crippen molar-refractivity contribution < 1.29 is 39.3 Å². The van der Waals surface area contributed by atoms with E-state index in [1.807, 2.05) is 26.1 Å². The summed E-state index contributed by atoms with van der Waals surface area (Å²) in [5.74, 6) is -5.59. The van der Waals surface area contributed by atoms with Crippen molar-refractivity contribution in [2.24, 2.45) is 17.6 Å². The van der Waals surface area contributed by atoms with Gasteiger partial charge in [0.1, 0.15) is 12.1 Å². The zero-order valence-corrected chi connectivity index (χ0v) is 19.1. The van der Waals surface area contributed by atoms with Gasteiger partial charge in [-0.05, 0) is 25.2 Å².